The third-order valence-corrected chi connectivity index (χ3v) is 5.25. The molecular weight excluding hydrogens is 411 g/mol. The molecule has 0 aliphatic carbocycles. The smallest absolute Gasteiger partial charge is 0.255 e. The lowest BCUT2D eigenvalue weighted by Crippen LogP contribution is -2.12. The van der Waals surface area contributed by atoms with Crippen molar-refractivity contribution in [3.63, 3.8) is 0 Å². The predicted molar refractivity (Wildman–Crippen MR) is 115 cm³/mol. The van der Waals surface area contributed by atoms with Crippen molar-refractivity contribution in [1.82, 2.24) is 4.98 Å². The number of carbonyl (C=O) groups is 1. The van der Waals surface area contributed by atoms with Crippen LogP contribution in [0.2, 0.25) is 10.0 Å². The van der Waals surface area contributed by atoms with Crippen LogP contribution in [0.1, 0.15) is 15.9 Å². The van der Waals surface area contributed by atoms with Gasteiger partial charge >= 0.3 is 0 Å². The van der Waals surface area contributed by atoms with E-state index < -0.39 is 0 Å². The van der Waals surface area contributed by atoms with Crippen LogP contribution < -0.4 is 10.1 Å². The van der Waals surface area contributed by atoms with E-state index in [1.807, 2.05) is 43.3 Å². The fourth-order valence-electron chi connectivity index (χ4n) is 2.88. The van der Waals surface area contributed by atoms with Gasteiger partial charge in [-0.2, -0.15) is 0 Å². The van der Waals surface area contributed by atoms with Gasteiger partial charge in [0.2, 0.25) is 5.89 Å². The minimum absolute atomic E-state index is 0.286. The van der Waals surface area contributed by atoms with Crippen molar-refractivity contribution in [2.45, 2.75) is 6.92 Å². The Labute approximate surface area is 177 Å². The first-order chi connectivity index (χ1) is 13.9. The quantitative estimate of drug-likeness (QED) is 0.411. The fourth-order valence-corrected chi connectivity index (χ4v) is 3.18. The summed E-state index contributed by atoms with van der Waals surface area (Å²) in [5, 5.41) is 3.63. The third kappa shape index (κ3) is 3.92. The van der Waals surface area contributed by atoms with Crippen molar-refractivity contribution < 1.29 is 13.9 Å². The minimum atomic E-state index is -0.286. The van der Waals surface area contributed by atoms with E-state index in [-0.39, 0.29) is 5.91 Å². The van der Waals surface area contributed by atoms with Gasteiger partial charge in [0.15, 0.2) is 5.58 Å². The number of halogens is 2. The Morgan fingerprint density at radius 2 is 1.86 bits per heavy atom. The summed E-state index contributed by atoms with van der Waals surface area (Å²) in [6.07, 6.45) is 0. The Morgan fingerprint density at radius 1 is 1.03 bits per heavy atom. The lowest BCUT2D eigenvalue weighted by molar-refractivity contribution is 0.102. The lowest BCUT2D eigenvalue weighted by Gasteiger charge is -2.10. The molecule has 146 valence electrons. The number of methoxy groups -OCH3 is 1. The lowest BCUT2D eigenvalue weighted by atomic mass is 10.1. The molecule has 5 nitrogen and oxygen atoms in total. The van der Waals surface area contributed by atoms with Crippen LogP contribution in [0, 0.1) is 6.92 Å². The van der Waals surface area contributed by atoms with E-state index in [1.165, 1.54) is 6.07 Å². The van der Waals surface area contributed by atoms with E-state index in [9.17, 15) is 4.79 Å². The summed E-state index contributed by atoms with van der Waals surface area (Å²) < 4.78 is 11.1. The molecule has 0 saturated heterocycles. The van der Waals surface area contributed by atoms with Crippen molar-refractivity contribution in [1.29, 1.82) is 0 Å². The Balaban J connectivity index is 1.65. The van der Waals surface area contributed by atoms with Crippen LogP contribution >= 0.6 is 23.2 Å². The number of anilines is 1. The number of benzene rings is 3. The number of aryl methyl sites for hydroxylation is 1. The highest BCUT2D eigenvalue weighted by Crippen LogP contribution is 2.30. The van der Waals surface area contributed by atoms with Gasteiger partial charge in [-0.3, -0.25) is 4.79 Å². The molecule has 0 aliphatic heterocycles. The number of ether oxygens (including phenoxy) is 1. The highest BCUT2D eigenvalue weighted by atomic mass is 35.5. The number of hydrogen-bond acceptors (Lipinski definition) is 4. The maximum absolute atomic E-state index is 12.6. The van der Waals surface area contributed by atoms with Gasteiger partial charge < -0.3 is 14.5 Å². The van der Waals surface area contributed by atoms with Crippen molar-refractivity contribution in [3.05, 3.63) is 75.8 Å². The molecule has 0 unspecified atom stereocenters. The van der Waals surface area contributed by atoms with E-state index >= 15 is 0 Å². The zero-order valence-corrected chi connectivity index (χ0v) is 17.1. The van der Waals surface area contributed by atoms with Gasteiger partial charge in [-0.25, -0.2) is 4.98 Å². The molecule has 3 aromatic carbocycles. The van der Waals surface area contributed by atoms with E-state index in [2.05, 4.69) is 10.3 Å². The average molecular weight is 427 g/mol. The second kappa shape index (κ2) is 7.78. The molecule has 4 rings (SSSR count). The molecule has 0 radical (unpaired) electrons. The summed E-state index contributed by atoms with van der Waals surface area (Å²) in [6.45, 7) is 1.91. The molecule has 0 bridgehead atoms. The van der Waals surface area contributed by atoms with Crippen LogP contribution in [-0.2, 0) is 0 Å². The van der Waals surface area contributed by atoms with Crippen molar-refractivity contribution in [3.8, 4) is 17.2 Å². The number of fused-ring (bicyclic) bond motifs is 1. The van der Waals surface area contributed by atoms with Gasteiger partial charge in [0.05, 0.1) is 17.2 Å². The molecule has 0 fully saturated rings. The summed E-state index contributed by atoms with van der Waals surface area (Å²) >= 11 is 11.9. The van der Waals surface area contributed by atoms with E-state index in [0.717, 1.165) is 11.1 Å². The summed E-state index contributed by atoms with van der Waals surface area (Å²) in [5.74, 6) is 0.875. The number of rotatable bonds is 4. The van der Waals surface area contributed by atoms with Gasteiger partial charge in [0.1, 0.15) is 11.3 Å². The number of oxazole rings is 1. The van der Waals surface area contributed by atoms with E-state index in [4.69, 9.17) is 32.4 Å². The van der Waals surface area contributed by atoms with E-state index in [0.29, 0.717) is 44.0 Å². The Morgan fingerprint density at radius 3 is 2.62 bits per heavy atom. The molecule has 0 aliphatic rings. The average Bonchev–Trinajstić information content (AvgIpc) is 3.14. The molecule has 4 aromatic rings. The molecule has 7 heteroatoms. The van der Waals surface area contributed by atoms with Crippen molar-refractivity contribution in [2.24, 2.45) is 0 Å². The van der Waals surface area contributed by atoms with Crippen molar-refractivity contribution in [2.75, 3.05) is 12.4 Å². The van der Waals surface area contributed by atoms with E-state index in [1.54, 1.807) is 19.2 Å². The molecule has 29 heavy (non-hydrogen) atoms. The minimum Gasteiger partial charge on any atom is -0.497 e. The first kappa shape index (κ1) is 19.3. The second-order valence-electron chi connectivity index (χ2n) is 6.47. The van der Waals surface area contributed by atoms with Gasteiger partial charge in [-0.15, -0.1) is 0 Å². The SMILES string of the molecule is COc1ccc2oc(-c3ccc(C)c(NC(=O)c4ccc(Cl)c(Cl)c4)c3)nc2c1. The van der Waals surface area contributed by atoms with Crippen LogP contribution in [0.3, 0.4) is 0 Å². The molecule has 0 spiro atoms. The van der Waals surface area contributed by atoms with Gasteiger partial charge in [-0.1, -0.05) is 29.3 Å². The molecule has 1 aromatic heterocycles. The monoisotopic (exact) mass is 426 g/mol. The first-order valence-corrected chi connectivity index (χ1v) is 9.52. The largest absolute Gasteiger partial charge is 0.497 e. The molecule has 0 atom stereocenters. The number of aromatic nitrogens is 1. The highest BCUT2D eigenvalue weighted by molar-refractivity contribution is 6.42. The van der Waals surface area contributed by atoms with Gasteiger partial charge in [0.25, 0.3) is 5.91 Å². The number of hydrogen-bond donors (Lipinski definition) is 1. The van der Waals surface area contributed by atoms with Crippen LogP contribution in [0.25, 0.3) is 22.6 Å². The number of amides is 1. The summed E-state index contributed by atoms with van der Waals surface area (Å²) in [6, 6.07) is 15.8. The molecule has 0 saturated carbocycles. The van der Waals surface area contributed by atoms with Gasteiger partial charge in [0, 0.05) is 22.9 Å². The molecular formula is C22H16Cl2N2O3. The molecule has 1 N–H and O–H groups in total. The highest BCUT2D eigenvalue weighted by Gasteiger charge is 2.14. The maximum atomic E-state index is 12.6. The second-order valence-corrected chi connectivity index (χ2v) is 7.28. The van der Waals surface area contributed by atoms with Crippen LogP contribution in [0.4, 0.5) is 5.69 Å². The molecule has 1 amide bonds. The zero-order chi connectivity index (χ0) is 20.5. The zero-order valence-electron chi connectivity index (χ0n) is 15.6. The number of nitrogens with one attached hydrogen (secondary N) is 1. The van der Waals surface area contributed by atoms with Crippen LogP contribution in [0.5, 0.6) is 5.75 Å². The first-order valence-electron chi connectivity index (χ1n) is 8.76. The number of nitrogens with zero attached hydrogens (tertiary/aromatic N) is 1. The van der Waals surface area contributed by atoms with Crippen LogP contribution in [-0.4, -0.2) is 18.0 Å². The summed E-state index contributed by atoms with van der Waals surface area (Å²) in [7, 11) is 1.60. The fraction of sp³-hybridized carbons (Fsp3) is 0.0909. The Hall–Kier alpha value is -3.02. The third-order valence-electron chi connectivity index (χ3n) is 4.51. The Kier molecular flexibility index (Phi) is 5.18. The Bertz CT molecular complexity index is 1230. The topological polar surface area (TPSA) is 64.4 Å². The maximum Gasteiger partial charge on any atom is 0.255 e. The van der Waals surface area contributed by atoms with Gasteiger partial charge in [-0.05, 0) is 55.0 Å². The van der Waals surface area contributed by atoms with Crippen molar-refractivity contribution >= 4 is 45.9 Å². The summed E-state index contributed by atoms with van der Waals surface area (Å²) in [5.41, 5.74) is 4.07. The molecule has 1 heterocycles. The summed E-state index contributed by atoms with van der Waals surface area (Å²) in [4.78, 5) is 17.2. The predicted octanol–water partition coefficient (Wildman–Crippen LogP) is 6.37. The normalized spacial score (nSPS) is 10.9. The van der Waals surface area contributed by atoms with Crippen LogP contribution in [0.15, 0.2) is 59.0 Å². The standard InChI is InChI=1S/C22H16Cl2N2O3/c1-12-3-4-14(22-26-19-11-15(28-2)6-8-20(19)29-22)10-18(12)25-21(27)13-5-7-16(23)17(24)9-13/h3-11H,1-2H3,(H,25,27). The number of carbonyl (C=O) groups excluding carboxylic acids is 1.